The number of anilines is 1. The Balaban J connectivity index is 1.73. The van der Waals surface area contributed by atoms with Gasteiger partial charge in [-0.25, -0.2) is 4.98 Å². The zero-order chi connectivity index (χ0) is 24.1. The van der Waals surface area contributed by atoms with Crippen molar-refractivity contribution in [2.45, 2.75) is 24.1 Å². The number of halogens is 1. The lowest BCUT2D eigenvalue weighted by Gasteiger charge is -2.16. The summed E-state index contributed by atoms with van der Waals surface area (Å²) in [6, 6.07) is 29.0. The standard InChI is InChI=1S/C28H22ClN3OS/c1-18-8-6-7-11-25(18)31-27(33)19(2)34-28-24(17-30)23(20-9-4-3-5-10-20)16-26(32-28)21-12-14-22(29)15-13-21/h3-16,19H,1-2H3,(H,31,33). The second-order valence-electron chi connectivity index (χ2n) is 7.78. The second kappa shape index (κ2) is 10.6. The first-order chi connectivity index (χ1) is 16.5. The molecular formula is C28H22ClN3OS. The summed E-state index contributed by atoms with van der Waals surface area (Å²) < 4.78 is 0. The van der Waals surface area contributed by atoms with E-state index in [0.29, 0.717) is 21.3 Å². The fraction of sp³-hybridized carbons (Fsp3) is 0.107. The Morgan fingerprint density at radius 3 is 2.35 bits per heavy atom. The van der Waals surface area contributed by atoms with Gasteiger partial charge in [0.1, 0.15) is 11.1 Å². The number of para-hydroxylation sites is 1. The van der Waals surface area contributed by atoms with E-state index in [0.717, 1.165) is 27.9 Å². The molecule has 1 atom stereocenters. The molecule has 4 rings (SSSR count). The van der Waals surface area contributed by atoms with Gasteiger partial charge in [-0.1, -0.05) is 84.0 Å². The summed E-state index contributed by atoms with van der Waals surface area (Å²) in [5.41, 5.74) is 5.49. The second-order valence-corrected chi connectivity index (χ2v) is 9.55. The van der Waals surface area contributed by atoms with Gasteiger partial charge in [-0.2, -0.15) is 5.26 Å². The van der Waals surface area contributed by atoms with Gasteiger partial charge in [0, 0.05) is 21.8 Å². The number of nitrogens with one attached hydrogen (secondary N) is 1. The molecule has 0 aliphatic carbocycles. The number of nitriles is 1. The first-order valence-electron chi connectivity index (χ1n) is 10.8. The van der Waals surface area contributed by atoms with E-state index in [1.165, 1.54) is 11.8 Å². The maximum Gasteiger partial charge on any atom is 0.237 e. The van der Waals surface area contributed by atoms with Gasteiger partial charge < -0.3 is 5.32 Å². The summed E-state index contributed by atoms with van der Waals surface area (Å²) in [6.07, 6.45) is 0. The Labute approximate surface area is 208 Å². The number of thioether (sulfide) groups is 1. The van der Waals surface area contributed by atoms with E-state index in [-0.39, 0.29) is 5.91 Å². The minimum atomic E-state index is -0.469. The maximum absolute atomic E-state index is 13.0. The molecule has 4 aromatic rings. The number of hydrogen-bond donors (Lipinski definition) is 1. The van der Waals surface area contributed by atoms with Crippen LogP contribution in [0.3, 0.4) is 0 Å². The van der Waals surface area contributed by atoms with Crippen LogP contribution in [-0.2, 0) is 4.79 Å². The lowest BCUT2D eigenvalue weighted by molar-refractivity contribution is -0.115. The van der Waals surface area contributed by atoms with Crippen LogP contribution < -0.4 is 5.32 Å². The Bertz CT molecular complexity index is 1370. The molecule has 0 saturated heterocycles. The molecule has 0 aliphatic heterocycles. The summed E-state index contributed by atoms with van der Waals surface area (Å²) in [5.74, 6) is -0.150. The number of hydrogen-bond acceptors (Lipinski definition) is 4. The first-order valence-corrected chi connectivity index (χ1v) is 12.0. The van der Waals surface area contributed by atoms with E-state index in [2.05, 4.69) is 11.4 Å². The summed E-state index contributed by atoms with van der Waals surface area (Å²) in [7, 11) is 0. The molecule has 168 valence electrons. The predicted octanol–water partition coefficient (Wildman–Crippen LogP) is 7.37. The van der Waals surface area contributed by atoms with E-state index in [1.807, 2.05) is 98.8 Å². The van der Waals surface area contributed by atoms with Crippen molar-refractivity contribution >= 4 is 35.0 Å². The van der Waals surface area contributed by atoms with Crippen LogP contribution in [0.5, 0.6) is 0 Å². The molecule has 4 nitrogen and oxygen atoms in total. The van der Waals surface area contributed by atoms with E-state index in [9.17, 15) is 10.1 Å². The molecule has 0 bridgehead atoms. The average molecular weight is 484 g/mol. The zero-order valence-electron chi connectivity index (χ0n) is 18.7. The molecule has 0 spiro atoms. The molecular weight excluding hydrogens is 462 g/mol. The number of carbonyl (C=O) groups is 1. The fourth-order valence-corrected chi connectivity index (χ4v) is 4.55. The van der Waals surface area contributed by atoms with E-state index < -0.39 is 5.25 Å². The van der Waals surface area contributed by atoms with Gasteiger partial charge in [-0.3, -0.25) is 4.79 Å². The number of aromatic nitrogens is 1. The summed E-state index contributed by atoms with van der Waals surface area (Å²) in [4.78, 5) is 17.8. The minimum Gasteiger partial charge on any atom is -0.325 e. The number of benzene rings is 3. The van der Waals surface area contributed by atoms with Crippen molar-refractivity contribution in [2.75, 3.05) is 5.32 Å². The van der Waals surface area contributed by atoms with Gasteiger partial charge in [0.25, 0.3) is 0 Å². The number of aryl methyl sites for hydroxylation is 1. The zero-order valence-corrected chi connectivity index (χ0v) is 20.3. The summed E-state index contributed by atoms with van der Waals surface area (Å²) in [6.45, 7) is 3.77. The highest BCUT2D eigenvalue weighted by atomic mass is 35.5. The van der Waals surface area contributed by atoms with Crippen molar-refractivity contribution in [1.82, 2.24) is 4.98 Å². The largest absolute Gasteiger partial charge is 0.325 e. The van der Waals surface area contributed by atoms with E-state index >= 15 is 0 Å². The van der Waals surface area contributed by atoms with Gasteiger partial charge in [-0.15, -0.1) is 0 Å². The van der Waals surface area contributed by atoms with E-state index in [1.54, 1.807) is 0 Å². The molecule has 34 heavy (non-hydrogen) atoms. The van der Waals surface area contributed by atoms with Crippen molar-refractivity contribution in [3.8, 4) is 28.5 Å². The summed E-state index contributed by atoms with van der Waals surface area (Å²) >= 11 is 7.35. The number of rotatable bonds is 6. The molecule has 0 aliphatic rings. The van der Waals surface area contributed by atoms with Gasteiger partial charge in [-0.05, 0) is 49.2 Å². The van der Waals surface area contributed by atoms with Gasteiger partial charge >= 0.3 is 0 Å². The highest BCUT2D eigenvalue weighted by molar-refractivity contribution is 8.00. The van der Waals surface area contributed by atoms with Crippen molar-refractivity contribution in [3.05, 3.63) is 101 Å². The molecule has 1 N–H and O–H groups in total. The molecule has 0 fully saturated rings. The molecule has 6 heteroatoms. The van der Waals surface area contributed by atoms with Gasteiger partial charge in [0.2, 0.25) is 5.91 Å². The van der Waals surface area contributed by atoms with Crippen LogP contribution in [0.1, 0.15) is 18.1 Å². The normalized spacial score (nSPS) is 11.5. The number of pyridine rings is 1. The number of amides is 1. The number of nitrogens with zero attached hydrogens (tertiary/aromatic N) is 2. The quantitative estimate of drug-likeness (QED) is 0.291. The smallest absolute Gasteiger partial charge is 0.237 e. The minimum absolute atomic E-state index is 0.150. The van der Waals surface area contributed by atoms with Crippen LogP contribution in [-0.4, -0.2) is 16.1 Å². The third-order valence-electron chi connectivity index (χ3n) is 5.38. The Morgan fingerprint density at radius 2 is 1.68 bits per heavy atom. The Hall–Kier alpha value is -3.59. The fourth-order valence-electron chi connectivity index (χ4n) is 3.50. The topological polar surface area (TPSA) is 65.8 Å². The van der Waals surface area contributed by atoms with Gasteiger partial charge in [0.15, 0.2) is 0 Å². The van der Waals surface area contributed by atoms with Crippen molar-refractivity contribution in [1.29, 1.82) is 5.26 Å². The monoisotopic (exact) mass is 483 g/mol. The lowest BCUT2D eigenvalue weighted by Crippen LogP contribution is -2.23. The molecule has 1 aromatic heterocycles. The van der Waals surface area contributed by atoms with Crippen molar-refractivity contribution < 1.29 is 4.79 Å². The molecule has 0 radical (unpaired) electrons. The Morgan fingerprint density at radius 1 is 1.00 bits per heavy atom. The van der Waals surface area contributed by atoms with Crippen LogP contribution in [0.4, 0.5) is 5.69 Å². The third kappa shape index (κ3) is 5.31. The lowest BCUT2D eigenvalue weighted by atomic mass is 9.99. The van der Waals surface area contributed by atoms with Crippen LogP contribution in [0.25, 0.3) is 22.4 Å². The van der Waals surface area contributed by atoms with Gasteiger partial charge in [0.05, 0.1) is 16.5 Å². The van der Waals surface area contributed by atoms with Crippen molar-refractivity contribution in [3.63, 3.8) is 0 Å². The first kappa shape index (κ1) is 23.6. The SMILES string of the molecule is Cc1ccccc1NC(=O)C(C)Sc1nc(-c2ccc(Cl)cc2)cc(-c2ccccc2)c1C#N. The third-order valence-corrected chi connectivity index (χ3v) is 6.72. The molecule has 1 heterocycles. The van der Waals surface area contributed by atoms with Crippen LogP contribution in [0, 0.1) is 18.3 Å². The van der Waals surface area contributed by atoms with Crippen LogP contribution >= 0.6 is 23.4 Å². The summed E-state index contributed by atoms with van der Waals surface area (Å²) in [5, 5.41) is 13.7. The van der Waals surface area contributed by atoms with Crippen molar-refractivity contribution in [2.24, 2.45) is 0 Å². The highest BCUT2D eigenvalue weighted by Crippen LogP contribution is 2.36. The predicted molar refractivity (Wildman–Crippen MR) is 140 cm³/mol. The highest BCUT2D eigenvalue weighted by Gasteiger charge is 2.21. The molecule has 1 unspecified atom stereocenters. The Kier molecular flexibility index (Phi) is 7.32. The molecule has 3 aromatic carbocycles. The molecule has 0 saturated carbocycles. The van der Waals surface area contributed by atoms with E-state index in [4.69, 9.17) is 16.6 Å². The van der Waals surface area contributed by atoms with Crippen LogP contribution in [0.2, 0.25) is 5.02 Å². The van der Waals surface area contributed by atoms with Crippen LogP contribution in [0.15, 0.2) is 90.0 Å². The average Bonchev–Trinajstić information content (AvgIpc) is 2.86. The molecule has 1 amide bonds. The maximum atomic E-state index is 13.0. The number of carbonyl (C=O) groups excluding carboxylic acids is 1.